The highest BCUT2D eigenvalue weighted by Gasteiger charge is 2.25. The normalized spacial score (nSPS) is 11.5. The minimum Gasteiger partial charge on any atom is -0.394 e. The van der Waals surface area contributed by atoms with E-state index < -0.39 is 25.5 Å². The van der Waals surface area contributed by atoms with Crippen LogP contribution in [-0.2, 0) is 14.8 Å². The number of hydrogen-bond acceptors (Lipinski definition) is 6. The summed E-state index contributed by atoms with van der Waals surface area (Å²) in [6, 6.07) is 3.29. The Hall–Kier alpha value is -1.26. The summed E-state index contributed by atoms with van der Waals surface area (Å²) in [5, 5.41) is 19.4. The van der Waals surface area contributed by atoms with Crippen LogP contribution in [-0.4, -0.2) is 44.8 Å². The number of rotatable bonds is 8. The molecule has 0 saturated carbocycles. The molecule has 0 aromatic heterocycles. The molecular weight excluding hydrogens is 312 g/mol. The Kier molecular flexibility index (Phi) is 6.30. The zero-order valence-corrected chi connectivity index (χ0v) is 11.9. The molecule has 8 nitrogen and oxygen atoms in total. The number of benzene rings is 1. The average Bonchev–Trinajstić information content (AvgIpc) is 2.38. The van der Waals surface area contributed by atoms with Crippen molar-refractivity contribution in [2.75, 3.05) is 26.4 Å². The van der Waals surface area contributed by atoms with E-state index in [1.165, 1.54) is 6.07 Å². The number of halogens is 1. The van der Waals surface area contributed by atoms with Gasteiger partial charge < -0.3 is 9.84 Å². The van der Waals surface area contributed by atoms with E-state index in [1.54, 1.807) is 0 Å². The number of aliphatic hydroxyl groups excluding tert-OH is 1. The topological polar surface area (TPSA) is 119 Å². The summed E-state index contributed by atoms with van der Waals surface area (Å²) in [7, 11) is -4.03. The van der Waals surface area contributed by atoms with E-state index >= 15 is 0 Å². The Morgan fingerprint density at radius 1 is 1.40 bits per heavy atom. The van der Waals surface area contributed by atoms with Gasteiger partial charge in [-0.3, -0.25) is 10.1 Å². The van der Waals surface area contributed by atoms with Crippen molar-refractivity contribution in [1.82, 2.24) is 4.72 Å². The van der Waals surface area contributed by atoms with Crippen molar-refractivity contribution >= 4 is 27.3 Å². The first-order chi connectivity index (χ1) is 9.38. The molecule has 0 atom stereocenters. The van der Waals surface area contributed by atoms with Crippen molar-refractivity contribution in [3.05, 3.63) is 33.3 Å². The number of nitro groups is 1. The third-order valence-electron chi connectivity index (χ3n) is 2.18. The molecule has 2 N–H and O–H groups in total. The third kappa shape index (κ3) is 4.69. The summed E-state index contributed by atoms with van der Waals surface area (Å²) in [5.74, 6) is 0. The van der Waals surface area contributed by atoms with Crippen LogP contribution in [0, 0.1) is 10.1 Å². The van der Waals surface area contributed by atoms with Crippen LogP contribution in [0.5, 0.6) is 0 Å². The molecule has 0 spiro atoms. The van der Waals surface area contributed by atoms with Gasteiger partial charge in [-0.2, -0.15) is 0 Å². The minimum absolute atomic E-state index is 0.0428. The average molecular weight is 325 g/mol. The smallest absolute Gasteiger partial charge is 0.290 e. The highest BCUT2D eigenvalue weighted by molar-refractivity contribution is 7.89. The molecule has 20 heavy (non-hydrogen) atoms. The van der Waals surface area contributed by atoms with E-state index in [2.05, 4.69) is 4.72 Å². The van der Waals surface area contributed by atoms with Crippen LogP contribution in [0.3, 0.4) is 0 Å². The molecule has 0 fully saturated rings. The number of nitrogens with one attached hydrogen (secondary N) is 1. The summed E-state index contributed by atoms with van der Waals surface area (Å²) < 4.78 is 30.9. The van der Waals surface area contributed by atoms with Gasteiger partial charge >= 0.3 is 0 Å². The van der Waals surface area contributed by atoms with Gasteiger partial charge in [0.1, 0.15) is 0 Å². The number of nitro benzene ring substituents is 1. The largest absolute Gasteiger partial charge is 0.394 e. The highest BCUT2D eigenvalue weighted by Crippen LogP contribution is 2.26. The summed E-state index contributed by atoms with van der Waals surface area (Å²) in [4.78, 5) is 9.56. The molecule has 0 aliphatic rings. The highest BCUT2D eigenvalue weighted by atomic mass is 35.5. The van der Waals surface area contributed by atoms with Crippen LogP contribution in [0.15, 0.2) is 23.1 Å². The van der Waals surface area contributed by atoms with Crippen molar-refractivity contribution in [3.63, 3.8) is 0 Å². The van der Waals surface area contributed by atoms with Gasteiger partial charge in [0.25, 0.3) is 5.69 Å². The summed E-state index contributed by atoms with van der Waals surface area (Å²) in [5.41, 5.74) is -0.596. The first kappa shape index (κ1) is 16.8. The van der Waals surface area contributed by atoms with Crippen molar-refractivity contribution in [2.24, 2.45) is 0 Å². The fourth-order valence-corrected chi connectivity index (χ4v) is 2.68. The fraction of sp³-hybridized carbons (Fsp3) is 0.400. The predicted octanol–water partition coefficient (Wildman–Crippen LogP) is 0.535. The van der Waals surface area contributed by atoms with E-state index in [4.69, 9.17) is 21.4 Å². The molecule has 0 bridgehead atoms. The van der Waals surface area contributed by atoms with Gasteiger partial charge in [0, 0.05) is 17.6 Å². The molecule has 10 heteroatoms. The van der Waals surface area contributed by atoms with E-state index in [1.807, 2.05) is 0 Å². The van der Waals surface area contributed by atoms with Gasteiger partial charge in [-0.25, -0.2) is 13.1 Å². The Bertz CT molecular complexity index is 577. The molecule has 1 aromatic rings. The van der Waals surface area contributed by atoms with E-state index in [9.17, 15) is 18.5 Å². The van der Waals surface area contributed by atoms with Gasteiger partial charge in [0.15, 0.2) is 4.90 Å². The summed E-state index contributed by atoms with van der Waals surface area (Å²) in [6.45, 7) is -0.110. The maximum Gasteiger partial charge on any atom is 0.290 e. The lowest BCUT2D eigenvalue weighted by Crippen LogP contribution is -2.28. The van der Waals surface area contributed by atoms with Gasteiger partial charge in [-0.15, -0.1) is 0 Å². The van der Waals surface area contributed by atoms with Crippen molar-refractivity contribution in [3.8, 4) is 0 Å². The number of aliphatic hydroxyl groups is 1. The molecular formula is C10H13ClN2O6S. The lowest BCUT2D eigenvalue weighted by Gasteiger charge is -2.07. The SMILES string of the molecule is O=[N+]([O-])c1cc(Cl)ccc1S(=O)(=O)NCCOCCO. The van der Waals surface area contributed by atoms with Gasteiger partial charge in [-0.05, 0) is 12.1 Å². The maximum absolute atomic E-state index is 11.9. The lowest BCUT2D eigenvalue weighted by molar-refractivity contribution is -0.387. The quantitative estimate of drug-likeness (QED) is 0.409. The molecule has 0 heterocycles. The van der Waals surface area contributed by atoms with Gasteiger partial charge in [0.05, 0.1) is 24.7 Å². The van der Waals surface area contributed by atoms with Crippen LogP contribution in [0.1, 0.15) is 0 Å². The van der Waals surface area contributed by atoms with Crippen molar-refractivity contribution < 1.29 is 23.2 Å². The van der Waals surface area contributed by atoms with Gasteiger partial charge in [0.2, 0.25) is 10.0 Å². The first-order valence-electron chi connectivity index (χ1n) is 5.50. The van der Waals surface area contributed by atoms with Crippen LogP contribution in [0.25, 0.3) is 0 Å². The first-order valence-corrected chi connectivity index (χ1v) is 7.37. The minimum atomic E-state index is -4.03. The Balaban J connectivity index is 2.84. The standard InChI is InChI=1S/C10H13ClN2O6S/c11-8-1-2-10(9(7-8)13(15)16)20(17,18)12-3-5-19-6-4-14/h1-2,7,12,14H,3-6H2. The number of nitrogens with zero attached hydrogens (tertiary/aromatic N) is 1. The van der Waals surface area contributed by atoms with Crippen LogP contribution in [0.4, 0.5) is 5.69 Å². The molecule has 0 radical (unpaired) electrons. The fourth-order valence-electron chi connectivity index (χ4n) is 1.35. The Morgan fingerprint density at radius 3 is 2.70 bits per heavy atom. The monoisotopic (exact) mass is 324 g/mol. The zero-order chi connectivity index (χ0) is 15.2. The Morgan fingerprint density at radius 2 is 2.10 bits per heavy atom. The molecule has 0 aliphatic carbocycles. The maximum atomic E-state index is 11.9. The second-order valence-electron chi connectivity index (χ2n) is 3.60. The van der Waals surface area contributed by atoms with Crippen LogP contribution < -0.4 is 4.72 Å². The number of ether oxygens (including phenoxy) is 1. The molecule has 0 saturated heterocycles. The van der Waals surface area contributed by atoms with Crippen LogP contribution >= 0.6 is 11.6 Å². The Labute approximate surface area is 120 Å². The predicted molar refractivity (Wildman–Crippen MR) is 71.2 cm³/mol. The molecule has 0 unspecified atom stereocenters. The second kappa shape index (κ2) is 7.50. The van der Waals surface area contributed by atoms with Gasteiger partial charge in [-0.1, -0.05) is 11.6 Å². The third-order valence-corrected chi connectivity index (χ3v) is 3.92. The number of sulfonamides is 1. The van der Waals surface area contributed by atoms with E-state index in [0.717, 1.165) is 12.1 Å². The number of hydrogen-bond donors (Lipinski definition) is 2. The molecule has 1 aromatic carbocycles. The van der Waals surface area contributed by atoms with Crippen LogP contribution in [0.2, 0.25) is 5.02 Å². The lowest BCUT2D eigenvalue weighted by atomic mass is 10.3. The van der Waals surface area contributed by atoms with E-state index in [0.29, 0.717) is 0 Å². The second-order valence-corrected chi connectivity index (χ2v) is 5.77. The summed E-state index contributed by atoms with van der Waals surface area (Å²) >= 11 is 5.61. The molecule has 0 aliphatic heterocycles. The summed E-state index contributed by atoms with van der Waals surface area (Å²) in [6.07, 6.45) is 0. The molecule has 0 amide bonds. The molecule has 1 rings (SSSR count). The van der Waals surface area contributed by atoms with Crippen molar-refractivity contribution in [1.29, 1.82) is 0 Å². The van der Waals surface area contributed by atoms with E-state index in [-0.39, 0.29) is 31.4 Å². The zero-order valence-electron chi connectivity index (χ0n) is 10.3. The molecule has 112 valence electrons. The van der Waals surface area contributed by atoms with Crippen molar-refractivity contribution in [2.45, 2.75) is 4.90 Å².